The van der Waals surface area contributed by atoms with Crippen molar-refractivity contribution in [2.75, 3.05) is 0 Å². The zero-order valence-electron chi connectivity index (χ0n) is 11.2. The van der Waals surface area contributed by atoms with Crippen molar-refractivity contribution in [3.8, 4) is 5.88 Å². The Hall–Kier alpha value is -2.43. The van der Waals surface area contributed by atoms with Crippen LogP contribution in [0, 0.1) is 13.8 Å². The Morgan fingerprint density at radius 2 is 1.90 bits per heavy atom. The second-order valence-corrected chi connectivity index (χ2v) is 4.62. The summed E-state index contributed by atoms with van der Waals surface area (Å²) < 4.78 is 19.5. The van der Waals surface area contributed by atoms with Crippen molar-refractivity contribution in [3.63, 3.8) is 0 Å². The number of nitrogens with zero attached hydrogens (tertiary/aromatic N) is 2. The number of nitrogens with one attached hydrogen (secondary N) is 1. The third-order valence-corrected chi connectivity index (χ3v) is 3.32. The minimum Gasteiger partial charge on any atom is -0.437 e. The van der Waals surface area contributed by atoms with E-state index in [9.17, 15) is 4.39 Å². The molecule has 1 aromatic carbocycles. The predicted molar refractivity (Wildman–Crippen MR) is 74.3 cm³/mol. The minimum absolute atomic E-state index is 0.225. The van der Waals surface area contributed by atoms with Gasteiger partial charge in [0.15, 0.2) is 0 Å². The van der Waals surface area contributed by atoms with Crippen LogP contribution in [0.15, 0.2) is 36.7 Å². The van der Waals surface area contributed by atoms with Gasteiger partial charge in [-0.1, -0.05) is 30.3 Å². The van der Waals surface area contributed by atoms with Crippen LogP contribution in [0.25, 0.3) is 11.0 Å². The van der Waals surface area contributed by atoms with Gasteiger partial charge in [-0.25, -0.2) is 4.98 Å². The van der Waals surface area contributed by atoms with Crippen LogP contribution in [-0.2, 0) is 0 Å². The molecule has 0 radical (unpaired) electrons. The first-order chi connectivity index (χ1) is 9.66. The lowest BCUT2D eigenvalue weighted by atomic mass is 10.2. The summed E-state index contributed by atoms with van der Waals surface area (Å²) in [6.07, 6.45) is -0.173. The molecule has 0 aliphatic rings. The highest BCUT2D eigenvalue weighted by Gasteiger charge is 2.16. The summed E-state index contributed by atoms with van der Waals surface area (Å²) in [5, 5.41) is 0. The smallest absolute Gasteiger partial charge is 0.266 e. The lowest BCUT2D eigenvalue weighted by molar-refractivity contribution is 0.0637. The standard InChI is InChI=1S/C15H14FN3O/c1-9-10(2)19-13-12(9)17-8-18-15(13)20-14(16)11-6-4-3-5-7-11/h3-8,14,19H,1-2H3. The molecule has 4 nitrogen and oxygen atoms in total. The highest BCUT2D eigenvalue weighted by atomic mass is 19.1. The van der Waals surface area contributed by atoms with Gasteiger partial charge in [0.2, 0.25) is 5.88 Å². The number of fused-ring (bicyclic) bond motifs is 1. The zero-order chi connectivity index (χ0) is 14.1. The molecule has 0 aliphatic carbocycles. The molecule has 1 N–H and O–H groups in total. The summed E-state index contributed by atoms with van der Waals surface area (Å²) in [6, 6.07) is 8.72. The molecule has 0 amide bonds. The first-order valence-corrected chi connectivity index (χ1v) is 6.32. The Kier molecular flexibility index (Phi) is 3.10. The van der Waals surface area contributed by atoms with Crippen LogP contribution in [0.4, 0.5) is 4.39 Å². The van der Waals surface area contributed by atoms with Crippen LogP contribution < -0.4 is 4.74 Å². The van der Waals surface area contributed by atoms with Gasteiger partial charge in [-0.2, -0.15) is 9.37 Å². The molecule has 0 saturated heterocycles. The number of ether oxygens (including phenoxy) is 1. The van der Waals surface area contributed by atoms with E-state index in [4.69, 9.17) is 4.74 Å². The monoisotopic (exact) mass is 271 g/mol. The zero-order valence-corrected chi connectivity index (χ0v) is 11.2. The van der Waals surface area contributed by atoms with Crippen LogP contribution in [0.1, 0.15) is 23.2 Å². The molecule has 0 saturated carbocycles. The van der Waals surface area contributed by atoms with Gasteiger partial charge in [-0.05, 0) is 19.4 Å². The van der Waals surface area contributed by atoms with E-state index in [2.05, 4.69) is 15.0 Å². The molecule has 3 rings (SSSR count). The summed E-state index contributed by atoms with van der Waals surface area (Å²) in [4.78, 5) is 11.4. The molecule has 2 aromatic heterocycles. The molecule has 20 heavy (non-hydrogen) atoms. The summed E-state index contributed by atoms with van der Waals surface area (Å²) >= 11 is 0. The van der Waals surface area contributed by atoms with E-state index in [-0.39, 0.29) is 5.88 Å². The van der Waals surface area contributed by atoms with E-state index < -0.39 is 6.36 Å². The molecule has 3 aromatic rings. The average Bonchev–Trinajstić information content (AvgIpc) is 2.77. The van der Waals surface area contributed by atoms with Gasteiger partial charge in [-0.3, -0.25) is 0 Å². The number of aryl methyl sites for hydroxylation is 2. The maximum atomic E-state index is 14.2. The number of aromatic amines is 1. The molecule has 0 aliphatic heterocycles. The van der Waals surface area contributed by atoms with Crippen molar-refractivity contribution in [2.24, 2.45) is 0 Å². The number of H-pyrrole nitrogens is 1. The average molecular weight is 271 g/mol. The third kappa shape index (κ3) is 2.11. The fraction of sp³-hybridized carbons (Fsp3) is 0.200. The van der Waals surface area contributed by atoms with Gasteiger partial charge >= 0.3 is 0 Å². The molecule has 5 heteroatoms. The Bertz CT molecular complexity index is 739. The van der Waals surface area contributed by atoms with E-state index in [0.29, 0.717) is 11.1 Å². The lowest BCUT2D eigenvalue weighted by Crippen LogP contribution is -2.03. The Labute approximate surface area is 115 Å². The van der Waals surface area contributed by atoms with Crippen LogP contribution in [0.3, 0.4) is 0 Å². The van der Waals surface area contributed by atoms with E-state index in [1.54, 1.807) is 24.3 Å². The minimum atomic E-state index is -1.56. The molecule has 102 valence electrons. The van der Waals surface area contributed by atoms with Crippen LogP contribution >= 0.6 is 0 Å². The first kappa shape index (κ1) is 12.6. The van der Waals surface area contributed by atoms with Gasteiger partial charge in [-0.15, -0.1) is 0 Å². The molecule has 0 bridgehead atoms. The van der Waals surface area contributed by atoms with Gasteiger partial charge in [0.1, 0.15) is 11.8 Å². The summed E-state index contributed by atoms with van der Waals surface area (Å²) in [5.41, 5.74) is 3.83. The van der Waals surface area contributed by atoms with Crippen molar-refractivity contribution in [1.82, 2.24) is 15.0 Å². The summed E-state index contributed by atoms with van der Waals surface area (Å²) in [5.74, 6) is 0.225. The summed E-state index contributed by atoms with van der Waals surface area (Å²) in [7, 11) is 0. The Morgan fingerprint density at radius 3 is 2.65 bits per heavy atom. The molecular weight excluding hydrogens is 257 g/mol. The van der Waals surface area contributed by atoms with Crippen molar-refractivity contribution in [3.05, 3.63) is 53.5 Å². The number of aromatic nitrogens is 3. The molecular formula is C15H14FN3O. The third-order valence-electron chi connectivity index (χ3n) is 3.32. The second-order valence-electron chi connectivity index (χ2n) is 4.62. The fourth-order valence-corrected chi connectivity index (χ4v) is 2.09. The van der Waals surface area contributed by atoms with E-state index in [1.807, 2.05) is 19.9 Å². The van der Waals surface area contributed by atoms with E-state index in [0.717, 1.165) is 16.8 Å². The maximum absolute atomic E-state index is 14.2. The fourth-order valence-electron chi connectivity index (χ4n) is 2.09. The van der Waals surface area contributed by atoms with E-state index in [1.165, 1.54) is 6.33 Å². The molecule has 1 unspecified atom stereocenters. The number of alkyl halides is 1. The van der Waals surface area contributed by atoms with Crippen molar-refractivity contribution < 1.29 is 9.13 Å². The Morgan fingerprint density at radius 1 is 1.15 bits per heavy atom. The number of rotatable bonds is 3. The Balaban J connectivity index is 1.97. The highest BCUT2D eigenvalue weighted by Crippen LogP contribution is 2.29. The van der Waals surface area contributed by atoms with Gasteiger partial charge in [0, 0.05) is 11.3 Å². The highest BCUT2D eigenvalue weighted by molar-refractivity contribution is 5.84. The van der Waals surface area contributed by atoms with Crippen molar-refractivity contribution in [1.29, 1.82) is 0 Å². The number of halogens is 1. The summed E-state index contributed by atoms with van der Waals surface area (Å²) in [6.45, 7) is 3.89. The molecule has 0 fully saturated rings. The number of benzene rings is 1. The van der Waals surface area contributed by atoms with Gasteiger partial charge < -0.3 is 9.72 Å². The van der Waals surface area contributed by atoms with Crippen LogP contribution in [0.5, 0.6) is 5.88 Å². The topological polar surface area (TPSA) is 50.8 Å². The van der Waals surface area contributed by atoms with E-state index >= 15 is 0 Å². The SMILES string of the molecule is Cc1[nH]c2c(OC(F)c3ccccc3)ncnc2c1C. The van der Waals surface area contributed by atoms with Gasteiger partial charge in [0.25, 0.3) is 6.36 Å². The van der Waals surface area contributed by atoms with Crippen molar-refractivity contribution in [2.45, 2.75) is 20.2 Å². The van der Waals surface area contributed by atoms with Crippen LogP contribution in [-0.4, -0.2) is 15.0 Å². The van der Waals surface area contributed by atoms with Gasteiger partial charge in [0.05, 0.1) is 5.52 Å². The molecule has 2 heterocycles. The normalized spacial score (nSPS) is 12.6. The van der Waals surface area contributed by atoms with Crippen LogP contribution in [0.2, 0.25) is 0 Å². The largest absolute Gasteiger partial charge is 0.437 e. The number of hydrogen-bond donors (Lipinski definition) is 1. The maximum Gasteiger partial charge on any atom is 0.266 e. The quantitative estimate of drug-likeness (QED) is 0.791. The number of hydrogen-bond acceptors (Lipinski definition) is 3. The molecule has 1 atom stereocenters. The predicted octanol–water partition coefficient (Wildman–Crippen LogP) is 3.62. The lowest BCUT2D eigenvalue weighted by Gasteiger charge is -2.11. The second kappa shape index (κ2) is 4.92. The van der Waals surface area contributed by atoms with Crippen molar-refractivity contribution >= 4 is 11.0 Å². The molecule has 0 spiro atoms. The first-order valence-electron chi connectivity index (χ1n) is 6.32.